The predicted octanol–water partition coefficient (Wildman–Crippen LogP) is 6.23. The van der Waals surface area contributed by atoms with Crippen molar-refractivity contribution >= 4 is 39.8 Å². The zero-order valence-electron chi connectivity index (χ0n) is 19.1. The van der Waals surface area contributed by atoms with Crippen molar-refractivity contribution in [3.05, 3.63) is 76.1 Å². The highest BCUT2D eigenvalue weighted by atomic mass is 32.2. The Bertz CT molecular complexity index is 1240. The highest BCUT2D eigenvalue weighted by Crippen LogP contribution is 2.37. The molecule has 0 bridgehead atoms. The van der Waals surface area contributed by atoms with E-state index in [1.807, 2.05) is 71.0 Å². The molecule has 2 heterocycles. The van der Waals surface area contributed by atoms with Gasteiger partial charge in [-0.3, -0.25) is 14.7 Å². The Kier molecular flexibility index (Phi) is 6.24. The number of carbonyl (C=O) groups excluding carboxylic acids is 1. The zero-order valence-corrected chi connectivity index (χ0v) is 19.9. The summed E-state index contributed by atoms with van der Waals surface area (Å²) in [6.45, 7) is 10.5. The Labute approximate surface area is 192 Å². The third kappa shape index (κ3) is 4.11. The first kappa shape index (κ1) is 22.3. The van der Waals surface area contributed by atoms with E-state index >= 15 is 0 Å². The highest BCUT2D eigenvalue weighted by molar-refractivity contribution is 8.18. The van der Waals surface area contributed by atoms with Crippen LogP contribution in [0.3, 0.4) is 0 Å². The van der Waals surface area contributed by atoms with Gasteiger partial charge >= 0.3 is 0 Å². The largest absolute Gasteiger partial charge is 0.340 e. The number of hydrogen-bond donors (Lipinski definition) is 0. The summed E-state index contributed by atoms with van der Waals surface area (Å²) in [7, 11) is 0. The zero-order chi connectivity index (χ0) is 23.0. The minimum Gasteiger partial charge on any atom is -0.340 e. The normalized spacial score (nSPS) is 17.1. The first-order valence-corrected chi connectivity index (χ1v) is 11.7. The van der Waals surface area contributed by atoms with E-state index in [2.05, 4.69) is 15.6 Å². The van der Waals surface area contributed by atoms with Crippen molar-refractivity contribution in [3.8, 4) is 0 Å². The molecule has 1 aliphatic rings. The van der Waals surface area contributed by atoms with E-state index in [-0.39, 0.29) is 23.8 Å². The maximum atomic E-state index is 14.4. The van der Waals surface area contributed by atoms with Crippen LogP contribution in [0.1, 0.15) is 44.5 Å². The molecule has 1 fully saturated rings. The molecule has 4 nitrogen and oxygen atoms in total. The molecule has 1 saturated heterocycles. The summed E-state index contributed by atoms with van der Waals surface area (Å²) in [5.41, 5.74) is 3.65. The molecule has 6 heteroatoms. The molecular weight excluding hydrogens is 421 g/mol. The van der Waals surface area contributed by atoms with E-state index in [9.17, 15) is 9.18 Å². The van der Waals surface area contributed by atoms with Crippen LogP contribution in [0.15, 0.2) is 58.4 Å². The van der Waals surface area contributed by atoms with Gasteiger partial charge < -0.3 is 4.57 Å². The van der Waals surface area contributed by atoms with Crippen LogP contribution in [0.4, 0.5) is 4.39 Å². The van der Waals surface area contributed by atoms with E-state index in [0.717, 1.165) is 27.3 Å². The maximum Gasteiger partial charge on any atom is 0.266 e. The molecule has 0 unspecified atom stereocenters. The van der Waals surface area contributed by atoms with Gasteiger partial charge in [-0.1, -0.05) is 36.4 Å². The minimum absolute atomic E-state index is 0.0188. The van der Waals surface area contributed by atoms with E-state index in [0.29, 0.717) is 17.0 Å². The number of aromatic nitrogens is 1. The van der Waals surface area contributed by atoms with Gasteiger partial charge in [0.1, 0.15) is 5.82 Å². The van der Waals surface area contributed by atoms with Crippen molar-refractivity contribution in [1.82, 2.24) is 9.47 Å². The summed E-state index contributed by atoms with van der Waals surface area (Å²) in [6, 6.07) is 15.1. The van der Waals surface area contributed by atoms with Gasteiger partial charge in [0.15, 0.2) is 5.17 Å². The second-order valence-electron chi connectivity index (χ2n) is 8.58. The molecule has 0 atom stereocenters. The Balaban J connectivity index is 1.82. The lowest BCUT2D eigenvalue weighted by Gasteiger charge is -2.20. The van der Waals surface area contributed by atoms with E-state index in [1.165, 1.54) is 17.8 Å². The molecule has 3 aromatic rings. The SMILES string of the molecule is Cc1c(/C=C2/SC(=NC(C)C)N(C(C)C)C2=O)c2ccccc2n1Cc1ccccc1F. The molecule has 2 aromatic carbocycles. The smallest absolute Gasteiger partial charge is 0.266 e. The molecule has 4 rings (SSSR count). The van der Waals surface area contributed by atoms with Crippen LogP contribution in [0.25, 0.3) is 17.0 Å². The quantitative estimate of drug-likeness (QED) is 0.433. The Morgan fingerprint density at radius 3 is 2.44 bits per heavy atom. The van der Waals surface area contributed by atoms with Gasteiger partial charge in [0.2, 0.25) is 0 Å². The third-order valence-corrected chi connectivity index (χ3v) is 6.56. The van der Waals surface area contributed by atoms with Crippen molar-refractivity contribution in [2.24, 2.45) is 4.99 Å². The molecule has 1 amide bonds. The fraction of sp³-hybridized carbons (Fsp3) is 0.308. The molecule has 0 spiro atoms. The molecule has 166 valence electrons. The summed E-state index contributed by atoms with van der Waals surface area (Å²) in [5.74, 6) is -0.233. The van der Waals surface area contributed by atoms with Crippen LogP contribution in [0, 0.1) is 12.7 Å². The number of thioether (sulfide) groups is 1. The summed E-state index contributed by atoms with van der Waals surface area (Å²) in [6.07, 6.45) is 1.97. The Hall–Kier alpha value is -2.86. The number of hydrogen-bond acceptors (Lipinski definition) is 3. The van der Waals surface area contributed by atoms with Crippen molar-refractivity contribution < 1.29 is 9.18 Å². The molecule has 0 N–H and O–H groups in total. The van der Waals surface area contributed by atoms with Gasteiger partial charge in [0.05, 0.1) is 11.4 Å². The fourth-order valence-electron chi connectivity index (χ4n) is 4.02. The number of halogens is 1. The maximum absolute atomic E-state index is 14.4. The second kappa shape index (κ2) is 8.94. The lowest BCUT2D eigenvalue weighted by atomic mass is 10.1. The van der Waals surface area contributed by atoms with E-state index in [1.54, 1.807) is 11.0 Å². The first-order chi connectivity index (χ1) is 15.3. The number of benzene rings is 2. The number of para-hydroxylation sites is 1. The number of fused-ring (bicyclic) bond motifs is 1. The molecule has 0 aliphatic carbocycles. The number of aliphatic imine (C=N–C) groups is 1. The van der Waals surface area contributed by atoms with Gasteiger partial charge in [-0.15, -0.1) is 0 Å². The monoisotopic (exact) mass is 449 g/mol. The molecule has 0 saturated carbocycles. The lowest BCUT2D eigenvalue weighted by molar-refractivity contribution is -0.123. The van der Waals surface area contributed by atoms with E-state index in [4.69, 9.17) is 0 Å². The predicted molar refractivity (Wildman–Crippen MR) is 132 cm³/mol. The van der Waals surface area contributed by atoms with Gasteiger partial charge in [0, 0.05) is 39.8 Å². The van der Waals surface area contributed by atoms with Crippen LogP contribution < -0.4 is 0 Å². The van der Waals surface area contributed by atoms with Gasteiger partial charge in [-0.2, -0.15) is 0 Å². The van der Waals surface area contributed by atoms with Crippen molar-refractivity contribution in [2.75, 3.05) is 0 Å². The van der Waals surface area contributed by atoms with Crippen LogP contribution in [-0.4, -0.2) is 32.6 Å². The lowest BCUT2D eigenvalue weighted by Crippen LogP contribution is -2.35. The molecular formula is C26H28FN3OS. The van der Waals surface area contributed by atoms with Crippen molar-refractivity contribution in [3.63, 3.8) is 0 Å². The standard InChI is InChI=1S/C26H28FN3OS/c1-16(2)28-26-30(17(3)4)25(31)24(32-26)14-21-18(5)29(23-13-9-7-11-20(21)23)15-19-10-6-8-12-22(19)27/h6-14,16-17H,15H2,1-5H3/b24-14+,28-26?. The summed E-state index contributed by atoms with van der Waals surface area (Å²) in [4.78, 5) is 20.3. The Morgan fingerprint density at radius 1 is 1.06 bits per heavy atom. The average Bonchev–Trinajstić information content (AvgIpc) is 3.18. The summed E-state index contributed by atoms with van der Waals surface area (Å²) >= 11 is 1.43. The van der Waals surface area contributed by atoms with Crippen molar-refractivity contribution in [2.45, 2.75) is 53.2 Å². The molecule has 32 heavy (non-hydrogen) atoms. The van der Waals surface area contributed by atoms with Gasteiger partial charge in [0.25, 0.3) is 5.91 Å². The third-order valence-electron chi connectivity index (χ3n) is 5.56. The topological polar surface area (TPSA) is 37.6 Å². The number of rotatable bonds is 5. The second-order valence-corrected chi connectivity index (χ2v) is 9.59. The van der Waals surface area contributed by atoms with Gasteiger partial charge in [-0.05, 0) is 64.6 Å². The van der Waals surface area contributed by atoms with Crippen LogP contribution >= 0.6 is 11.8 Å². The van der Waals surface area contributed by atoms with Gasteiger partial charge in [-0.25, -0.2) is 4.39 Å². The molecule has 0 radical (unpaired) electrons. The van der Waals surface area contributed by atoms with Crippen LogP contribution in [0.2, 0.25) is 0 Å². The van der Waals surface area contributed by atoms with E-state index < -0.39 is 0 Å². The van der Waals surface area contributed by atoms with Crippen LogP contribution in [0.5, 0.6) is 0 Å². The van der Waals surface area contributed by atoms with Crippen LogP contribution in [-0.2, 0) is 11.3 Å². The average molecular weight is 450 g/mol. The first-order valence-electron chi connectivity index (χ1n) is 10.9. The minimum atomic E-state index is -0.215. The number of amides is 1. The number of carbonyl (C=O) groups is 1. The molecule has 1 aromatic heterocycles. The molecule has 1 aliphatic heterocycles. The number of nitrogens with zero attached hydrogens (tertiary/aromatic N) is 3. The fourth-order valence-corrected chi connectivity index (χ4v) is 5.24. The Morgan fingerprint density at radius 2 is 1.75 bits per heavy atom. The highest BCUT2D eigenvalue weighted by Gasteiger charge is 2.35. The summed E-state index contributed by atoms with van der Waals surface area (Å²) in [5, 5.41) is 1.80. The number of amidine groups is 1. The van der Waals surface area contributed by atoms with Crippen molar-refractivity contribution in [1.29, 1.82) is 0 Å². The summed E-state index contributed by atoms with van der Waals surface area (Å²) < 4.78 is 16.5.